The summed E-state index contributed by atoms with van der Waals surface area (Å²) in [6, 6.07) is 4.19. The zero-order valence-electron chi connectivity index (χ0n) is 11.6. The number of pyridine rings is 1. The molecule has 1 N–H and O–H groups in total. The van der Waals surface area contributed by atoms with Crippen LogP contribution in [0, 0.1) is 5.92 Å². The fourth-order valence-corrected chi connectivity index (χ4v) is 2.20. The van der Waals surface area contributed by atoms with Gasteiger partial charge in [-0.1, -0.05) is 27.2 Å². The van der Waals surface area contributed by atoms with E-state index in [9.17, 15) is 0 Å². The van der Waals surface area contributed by atoms with Gasteiger partial charge in [0, 0.05) is 30.9 Å². The number of hydrogen-bond acceptors (Lipinski definition) is 2. The summed E-state index contributed by atoms with van der Waals surface area (Å²) in [5, 5.41) is 4.68. The lowest BCUT2D eigenvalue weighted by Gasteiger charge is -2.10. The second-order valence-corrected chi connectivity index (χ2v) is 4.98. The van der Waals surface area contributed by atoms with Crippen molar-refractivity contribution < 1.29 is 0 Å². The van der Waals surface area contributed by atoms with Crippen LogP contribution in [0.1, 0.15) is 32.8 Å². The van der Waals surface area contributed by atoms with E-state index in [0.29, 0.717) is 5.92 Å². The minimum absolute atomic E-state index is 0.689. The quantitative estimate of drug-likeness (QED) is 0.847. The third-order valence-corrected chi connectivity index (χ3v) is 3.49. The van der Waals surface area contributed by atoms with Crippen molar-refractivity contribution in [2.75, 3.05) is 6.54 Å². The second kappa shape index (κ2) is 6.01. The number of hydrogen-bond donors (Lipinski definition) is 1. The van der Waals surface area contributed by atoms with Crippen molar-refractivity contribution in [2.45, 2.75) is 40.3 Å². The summed E-state index contributed by atoms with van der Waals surface area (Å²) in [5.41, 5.74) is 2.47. The lowest BCUT2D eigenvalue weighted by atomic mass is 10.1. The number of rotatable bonds is 6. The highest BCUT2D eigenvalue weighted by atomic mass is 15.0. The summed E-state index contributed by atoms with van der Waals surface area (Å²) in [6.45, 7) is 9.64. The van der Waals surface area contributed by atoms with Gasteiger partial charge >= 0.3 is 0 Å². The largest absolute Gasteiger partial charge is 0.332 e. The molecule has 0 saturated heterocycles. The van der Waals surface area contributed by atoms with Crippen LogP contribution in [0.5, 0.6) is 0 Å². The first-order chi connectivity index (χ1) is 8.76. The van der Waals surface area contributed by atoms with Crippen LogP contribution in [0.2, 0.25) is 0 Å². The standard InChI is InChI=1S/C15H23N3/c1-4-12(3)10-18-11-13(9-16-5-2)14-7-6-8-17-15(14)18/h6-8,11-12,16H,4-5,9-10H2,1-3H3. The van der Waals surface area contributed by atoms with E-state index in [1.165, 1.54) is 17.4 Å². The number of nitrogens with one attached hydrogen (secondary N) is 1. The van der Waals surface area contributed by atoms with Crippen molar-refractivity contribution in [1.82, 2.24) is 14.9 Å². The van der Waals surface area contributed by atoms with Crippen molar-refractivity contribution in [3.05, 3.63) is 30.1 Å². The van der Waals surface area contributed by atoms with E-state index in [0.717, 1.165) is 25.3 Å². The molecule has 2 aromatic heterocycles. The maximum absolute atomic E-state index is 4.53. The maximum atomic E-state index is 4.53. The Balaban J connectivity index is 2.34. The van der Waals surface area contributed by atoms with Gasteiger partial charge in [-0.3, -0.25) is 0 Å². The molecule has 98 valence electrons. The summed E-state index contributed by atoms with van der Waals surface area (Å²) < 4.78 is 2.30. The molecule has 0 radical (unpaired) electrons. The van der Waals surface area contributed by atoms with Gasteiger partial charge in [0.1, 0.15) is 5.65 Å². The molecule has 1 unspecified atom stereocenters. The van der Waals surface area contributed by atoms with Crippen molar-refractivity contribution >= 4 is 11.0 Å². The average Bonchev–Trinajstić information content (AvgIpc) is 2.75. The van der Waals surface area contributed by atoms with Crippen molar-refractivity contribution in [2.24, 2.45) is 5.92 Å². The van der Waals surface area contributed by atoms with Crippen LogP contribution >= 0.6 is 0 Å². The van der Waals surface area contributed by atoms with E-state index in [2.05, 4.69) is 47.9 Å². The van der Waals surface area contributed by atoms with Gasteiger partial charge < -0.3 is 9.88 Å². The fourth-order valence-electron chi connectivity index (χ4n) is 2.20. The van der Waals surface area contributed by atoms with Gasteiger partial charge in [-0.25, -0.2) is 4.98 Å². The Bertz CT molecular complexity index is 501. The zero-order chi connectivity index (χ0) is 13.0. The van der Waals surface area contributed by atoms with E-state index in [4.69, 9.17) is 0 Å². The second-order valence-electron chi connectivity index (χ2n) is 4.98. The van der Waals surface area contributed by atoms with E-state index in [1.807, 2.05) is 12.3 Å². The van der Waals surface area contributed by atoms with Gasteiger partial charge in [-0.05, 0) is 30.2 Å². The molecule has 0 aliphatic rings. The Hall–Kier alpha value is -1.35. The molecule has 0 aliphatic carbocycles. The predicted octanol–water partition coefficient (Wildman–Crippen LogP) is 3.19. The SMILES string of the molecule is CCNCc1cn(CC(C)CC)c2ncccc12. The van der Waals surface area contributed by atoms with Gasteiger partial charge in [-0.15, -0.1) is 0 Å². The van der Waals surface area contributed by atoms with Crippen LogP contribution in [-0.2, 0) is 13.1 Å². The van der Waals surface area contributed by atoms with Crippen molar-refractivity contribution in [1.29, 1.82) is 0 Å². The van der Waals surface area contributed by atoms with E-state index >= 15 is 0 Å². The van der Waals surface area contributed by atoms with E-state index < -0.39 is 0 Å². The molecule has 0 saturated carbocycles. The lowest BCUT2D eigenvalue weighted by molar-refractivity contribution is 0.475. The van der Waals surface area contributed by atoms with Gasteiger partial charge in [0.2, 0.25) is 0 Å². The van der Waals surface area contributed by atoms with Crippen LogP contribution in [-0.4, -0.2) is 16.1 Å². The minimum Gasteiger partial charge on any atom is -0.332 e. The molecule has 18 heavy (non-hydrogen) atoms. The monoisotopic (exact) mass is 245 g/mol. The molecular formula is C15H23N3. The zero-order valence-corrected chi connectivity index (χ0v) is 11.6. The summed E-state index contributed by atoms with van der Waals surface area (Å²) >= 11 is 0. The van der Waals surface area contributed by atoms with Gasteiger partial charge in [0.05, 0.1) is 0 Å². The Kier molecular flexibility index (Phi) is 4.37. The first kappa shape index (κ1) is 13.1. The van der Waals surface area contributed by atoms with E-state index in [-0.39, 0.29) is 0 Å². The molecule has 0 fully saturated rings. The average molecular weight is 245 g/mol. The first-order valence-electron chi connectivity index (χ1n) is 6.89. The molecule has 0 spiro atoms. The Morgan fingerprint density at radius 2 is 2.22 bits per heavy atom. The molecule has 3 heteroatoms. The van der Waals surface area contributed by atoms with Crippen LogP contribution in [0.25, 0.3) is 11.0 Å². The number of fused-ring (bicyclic) bond motifs is 1. The molecule has 2 heterocycles. The topological polar surface area (TPSA) is 29.9 Å². The summed E-state index contributed by atoms with van der Waals surface area (Å²) in [7, 11) is 0. The fraction of sp³-hybridized carbons (Fsp3) is 0.533. The van der Waals surface area contributed by atoms with Crippen LogP contribution < -0.4 is 5.32 Å². The third-order valence-electron chi connectivity index (χ3n) is 3.49. The molecule has 0 aromatic carbocycles. The van der Waals surface area contributed by atoms with Crippen molar-refractivity contribution in [3.63, 3.8) is 0 Å². The van der Waals surface area contributed by atoms with E-state index in [1.54, 1.807) is 0 Å². The van der Waals surface area contributed by atoms with Gasteiger partial charge in [0.15, 0.2) is 0 Å². The molecule has 0 amide bonds. The summed E-state index contributed by atoms with van der Waals surface area (Å²) in [5.74, 6) is 0.689. The highest BCUT2D eigenvalue weighted by Crippen LogP contribution is 2.21. The lowest BCUT2D eigenvalue weighted by Crippen LogP contribution is -2.11. The molecule has 0 bridgehead atoms. The Morgan fingerprint density at radius 3 is 2.94 bits per heavy atom. The Labute approximate surface area is 109 Å². The van der Waals surface area contributed by atoms with Gasteiger partial charge in [0.25, 0.3) is 0 Å². The maximum Gasteiger partial charge on any atom is 0.140 e. The van der Waals surface area contributed by atoms with Gasteiger partial charge in [-0.2, -0.15) is 0 Å². The summed E-state index contributed by atoms with van der Waals surface area (Å²) in [6.07, 6.45) is 5.34. The molecule has 3 nitrogen and oxygen atoms in total. The normalized spacial score (nSPS) is 13.1. The first-order valence-corrected chi connectivity index (χ1v) is 6.89. The molecule has 1 atom stereocenters. The number of nitrogens with zero attached hydrogens (tertiary/aromatic N) is 2. The molecule has 0 aliphatic heterocycles. The predicted molar refractivity (Wildman–Crippen MR) is 76.6 cm³/mol. The highest BCUT2D eigenvalue weighted by Gasteiger charge is 2.10. The minimum atomic E-state index is 0.689. The Morgan fingerprint density at radius 1 is 1.39 bits per heavy atom. The molecule has 2 aromatic rings. The van der Waals surface area contributed by atoms with Crippen LogP contribution in [0.4, 0.5) is 0 Å². The van der Waals surface area contributed by atoms with Crippen molar-refractivity contribution in [3.8, 4) is 0 Å². The third kappa shape index (κ3) is 2.72. The summed E-state index contributed by atoms with van der Waals surface area (Å²) in [4.78, 5) is 4.53. The molecular weight excluding hydrogens is 222 g/mol. The molecule has 2 rings (SSSR count). The van der Waals surface area contributed by atoms with Crippen LogP contribution in [0.15, 0.2) is 24.5 Å². The highest BCUT2D eigenvalue weighted by molar-refractivity contribution is 5.80. The number of aromatic nitrogens is 2. The van der Waals surface area contributed by atoms with Crippen LogP contribution in [0.3, 0.4) is 0 Å². The smallest absolute Gasteiger partial charge is 0.140 e.